The molecule has 0 saturated heterocycles. The van der Waals surface area contributed by atoms with E-state index in [9.17, 15) is 8.42 Å². The van der Waals surface area contributed by atoms with Gasteiger partial charge in [0.2, 0.25) is 10.0 Å². The number of nitrogens with one attached hydrogen (secondary N) is 1. The lowest BCUT2D eigenvalue weighted by Gasteiger charge is -2.27. The van der Waals surface area contributed by atoms with Crippen LogP contribution in [0, 0.1) is 13.8 Å². The van der Waals surface area contributed by atoms with E-state index in [-0.39, 0.29) is 0 Å². The van der Waals surface area contributed by atoms with Crippen molar-refractivity contribution in [2.75, 3.05) is 6.54 Å². The minimum absolute atomic E-state index is 0.407. The molecule has 0 aliphatic carbocycles. The van der Waals surface area contributed by atoms with E-state index in [0.717, 1.165) is 27.7 Å². The summed E-state index contributed by atoms with van der Waals surface area (Å²) >= 11 is 0. The van der Waals surface area contributed by atoms with Crippen LogP contribution in [0.15, 0.2) is 47.4 Å². The van der Waals surface area contributed by atoms with Crippen molar-refractivity contribution in [1.82, 2.24) is 9.29 Å². The average molecular weight is 340 g/mol. The van der Waals surface area contributed by atoms with Gasteiger partial charge in [-0.3, -0.25) is 0 Å². The SMILES string of the molecule is Cc1ccc2[nH]c3c(c2c1)CN(S(=O)(=O)c1ccccc1C)CC3. The molecule has 1 N–H and O–H groups in total. The monoisotopic (exact) mass is 340 g/mol. The lowest BCUT2D eigenvalue weighted by atomic mass is 10.0. The van der Waals surface area contributed by atoms with E-state index in [0.29, 0.717) is 24.4 Å². The minimum Gasteiger partial charge on any atom is -0.358 e. The summed E-state index contributed by atoms with van der Waals surface area (Å²) in [6.07, 6.45) is 0.716. The molecular weight excluding hydrogens is 320 g/mol. The molecule has 24 heavy (non-hydrogen) atoms. The predicted molar refractivity (Wildman–Crippen MR) is 95.5 cm³/mol. The molecule has 0 saturated carbocycles. The fraction of sp³-hybridized carbons (Fsp3) is 0.263. The molecule has 0 fully saturated rings. The van der Waals surface area contributed by atoms with E-state index in [1.165, 1.54) is 5.56 Å². The van der Waals surface area contributed by atoms with Gasteiger partial charge in [0, 0.05) is 36.1 Å². The van der Waals surface area contributed by atoms with Crippen molar-refractivity contribution in [3.05, 3.63) is 64.8 Å². The maximum absolute atomic E-state index is 13.1. The van der Waals surface area contributed by atoms with E-state index in [1.54, 1.807) is 16.4 Å². The number of hydrogen-bond acceptors (Lipinski definition) is 2. The molecule has 1 aliphatic rings. The average Bonchev–Trinajstić information content (AvgIpc) is 2.92. The van der Waals surface area contributed by atoms with Crippen molar-refractivity contribution in [2.24, 2.45) is 0 Å². The number of benzene rings is 2. The second-order valence-corrected chi connectivity index (χ2v) is 8.39. The van der Waals surface area contributed by atoms with Gasteiger partial charge in [-0.1, -0.05) is 29.8 Å². The molecule has 0 bridgehead atoms. The second kappa shape index (κ2) is 5.46. The molecular formula is C19H20N2O2S. The number of hydrogen-bond donors (Lipinski definition) is 1. The molecule has 0 spiro atoms. The van der Waals surface area contributed by atoms with Gasteiger partial charge >= 0.3 is 0 Å². The lowest BCUT2D eigenvalue weighted by Crippen LogP contribution is -2.36. The number of aryl methyl sites for hydroxylation is 2. The van der Waals surface area contributed by atoms with Crippen LogP contribution in [0.1, 0.15) is 22.4 Å². The van der Waals surface area contributed by atoms with E-state index in [4.69, 9.17) is 0 Å². The van der Waals surface area contributed by atoms with Gasteiger partial charge in [0.15, 0.2) is 0 Å². The Hall–Kier alpha value is -2.11. The Balaban J connectivity index is 1.78. The molecule has 0 amide bonds. The van der Waals surface area contributed by atoms with Gasteiger partial charge in [-0.25, -0.2) is 8.42 Å². The van der Waals surface area contributed by atoms with E-state index in [1.807, 2.05) is 19.1 Å². The molecule has 0 unspecified atom stereocenters. The highest BCUT2D eigenvalue weighted by Gasteiger charge is 2.31. The quantitative estimate of drug-likeness (QED) is 0.776. The molecule has 1 aliphatic heterocycles. The Kier molecular flexibility index (Phi) is 3.51. The Morgan fingerprint density at radius 2 is 1.88 bits per heavy atom. The van der Waals surface area contributed by atoms with Gasteiger partial charge in [-0.05, 0) is 43.2 Å². The van der Waals surface area contributed by atoms with Crippen LogP contribution in [0.25, 0.3) is 10.9 Å². The van der Waals surface area contributed by atoms with Gasteiger partial charge in [0.25, 0.3) is 0 Å². The van der Waals surface area contributed by atoms with Gasteiger partial charge < -0.3 is 4.98 Å². The molecule has 4 nitrogen and oxygen atoms in total. The van der Waals surface area contributed by atoms with Crippen molar-refractivity contribution < 1.29 is 8.42 Å². The van der Waals surface area contributed by atoms with Crippen molar-refractivity contribution >= 4 is 20.9 Å². The second-order valence-electron chi connectivity index (χ2n) is 6.49. The third kappa shape index (κ3) is 2.36. The summed E-state index contributed by atoms with van der Waals surface area (Å²) in [7, 11) is -3.47. The Labute approximate surface area is 142 Å². The van der Waals surface area contributed by atoms with Gasteiger partial charge in [-0.15, -0.1) is 0 Å². The highest BCUT2D eigenvalue weighted by molar-refractivity contribution is 7.89. The maximum Gasteiger partial charge on any atom is 0.243 e. The predicted octanol–water partition coefficient (Wildman–Crippen LogP) is 3.53. The standard InChI is InChI=1S/C19H20N2O2S/c1-13-7-8-17-15(11-13)16-12-21(10-9-18(16)20-17)24(22,23)19-6-4-3-5-14(19)2/h3-8,11,20H,9-10,12H2,1-2H3. The molecule has 5 heteroatoms. The summed E-state index contributed by atoms with van der Waals surface area (Å²) in [4.78, 5) is 3.85. The van der Waals surface area contributed by atoms with Crippen LogP contribution in [-0.4, -0.2) is 24.3 Å². The zero-order valence-corrected chi connectivity index (χ0v) is 14.7. The first-order valence-electron chi connectivity index (χ1n) is 8.12. The van der Waals surface area contributed by atoms with E-state index < -0.39 is 10.0 Å². The van der Waals surface area contributed by atoms with Crippen LogP contribution >= 0.6 is 0 Å². The maximum atomic E-state index is 13.1. The first-order chi connectivity index (χ1) is 11.5. The highest BCUT2D eigenvalue weighted by atomic mass is 32.2. The lowest BCUT2D eigenvalue weighted by molar-refractivity contribution is 0.391. The summed E-state index contributed by atoms with van der Waals surface area (Å²) in [5, 5.41) is 1.13. The number of fused-ring (bicyclic) bond motifs is 3. The van der Waals surface area contributed by atoms with Crippen LogP contribution in [-0.2, 0) is 23.0 Å². The van der Waals surface area contributed by atoms with Crippen molar-refractivity contribution in [1.29, 1.82) is 0 Å². The first kappa shape index (κ1) is 15.4. The normalized spacial score (nSPS) is 15.6. The molecule has 0 atom stereocenters. The number of nitrogens with zero attached hydrogens (tertiary/aromatic N) is 1. The molecule has 0 radical (unpaired) electrons. The van der Waals surface area contributed by atoms with Crippen LogP contribution in [0.3, 0.4) is 0 Å². The number of sulfonamides is 1. The van der Waals surface area contributed by atoms with Crippen molar-refractivity contribution in [3.8, 4) is 0 Å². The smallest absolute Gasteiger partial charge is 0.243 e. The number of aromatic amines is 1. The molecule has 2 heterocycles. The number of rotatable bonds is 2. The summed E-state index contributed by atoms with van der Waals surface area (Å²) in [6.45, 7) is 4.84. The number of H-pyrrole nitrogens is 1. The third-order valence-electron chi connectivity index (χ3n) is 4.81. The highest BCUT2D eigenvalue weighted by Crippen LogP contribution is 2.31. The fourth-order valence-corrected chi connectivity index (χ4v) is 5.13. The van der Waals surface area contributed by atoms with E-state index >= 15 is 0 Å². The Morgan fingerprint density at radius 3 is 2.67 bits per heavy atom. The van der Waals surface area contributed by atoms with Crippen molar-refractivity contribution in [2.45, 2.75) is 31.7 Å². The Bertz CT molecular complexity index is 1030. The van der Waals surface area contributed by atoms with Crippen LogP contribution in [0.4, 0.5) is 0 Å². The summed E-state index contributed by atoms with van der Waals surface area (Å²) in [6, 6.07) is 13.5. The molecule has 4 rings (SSSR count). The summed E-state index contributed by atoms with van der Waals surface area (Å²) in [5.74, 6) is 0. The van der Waals surface area contributed by atoms with Gasteiger partial charge in [0.05, 0.1) is 4.90 Å². The van der Waals surface area contributed by atoms with Crippen LogP contribution in [0.5, 0.6) is 0 Å². The topological polar surface area (TPSA) is 53.2 Å². The van der Waals surface area contributed by atoms with Gasteiger partial charge in [-0.2, -0.15) is 4.31 Å². The fourth-order valence-electron chi connectivity index (χ4n) is 3.49. The first-order valence-corrected chi connectivity index (χ1v) is 9.57. The van der Waals surface area contributed by atoms with Crippen LogP contribution < -0.4 is 0 Å². The zero-order valence-electron chi connectivity index (χ0n) is 13.8. The molecule has 2 aromatic carbocycles. The summed E-state index contributed by atoms with van der Waals surface area (Å²) in [5.41, 5.74) is 5.32. The van der Waals surface area contributed by atoms with Gasteiger partial charge in [0.1, 0.15) is 0 Å². The largest absolute Gasteiger partial charge is 0.358 e. The molecule has 1 aromatic heterocycles. The minimum atomic E-state index is -3.47. The molecule has 3 aromatic rings. The Morgan fingerprint density at radius 1 is 1.08 bits per heavy atom. The third-order valence-corrected chi connectivity index (χ3v) is 6.81. The molecule has 124 valence electrons. The zero-order chi connectivity index (χ0) is 16.9. The van der Waals surface area contributed by atoms with Crippen molar-refractivity contribution in [3.63, 3.8) is 0 Å². The summed E-state index contributed by atoms with van der Waals surface area (Å²) < 4.78 is 27.7. The van der Waals surface area contributed by atoms with Crippen LogP contribution in [0.2, 0.25) is 0 Å². The number of aromatic nitrogens is 1. The van der Waals surface area contributed by atoms with E-state index in [2.05, 4.69) is 30.1 Å².